The molecule has 8 nitrogen and oxygen atoms in total. The van der Waals surface area contributed by atoms with E-state index in [1.54, 1.807) is 6.92 Å². The second-order valence-corrected chi connectivity index (χ2v) is 5.68. The van der Waals surface area contributed by atoms with Crippen LogP contribution in [0.25, 0.3) is 0 Å². The third kappa shape index (κ3) is 3.83. The summed E-state index contributed by atoms with van der Waals surface area (Å²) < 4.78 is 22.8. The first-order valence-corrected chi connectivity index (χ1v) is 7.33. The highest BCUT2D eigenvalue weighted by Crippen LogP contribution is 2.28. The number of amides is 1. The van der Waals surface area contributed by atoms with Crippen LogP contribution in [0.2, 0.25) is 5.02 Å². The third-order valence-corrected chi connectivity index (χ3v) is 3.58. The predicted molar refractivity (Wildman–Crippen MR) is 77.1 cm³/mol. The van der Waals surface area contributed by atoms with Crippen LogP contribution in [0.5, 0.6) is 0 Å². The average Bonchev–Trinajstić information content (AvgIpc) is 2.26. The first-order valence-electron chi connectivity index (χ1n) is 5.41. The summed E-state index contributed by atoms with van der Waals surface area (Å²) in [5.74, 6) is -1.24. The van der Waals surface area contributed by atoms with Crippen LogP contribution in [0, 0.1) is 0 Å². The first kappa shape index (κ1) is 16.2. The zero-order valence-corrected chi connectivity index (χ0v) is 12.1. The Balaban J connectivity index is 3.54. The molecule has 0 saturated heterocycles. The van der Waals surface area contributed by atoms with Crippen molar-refractivity contribution in [1.82, 2.24) is 0 Å². The van der Waals surface area contributed by atoms with Crippen molar-refractivity contribution in [3.63, 3.8) is 0 Å². The molecule has 0 aliphatic carbocycles. The van der Waals surface area contributed by atoms with Gasteiger partial charge in [-0.1, -0.05) is 11.6 Å². The molecular weight excluding hydrogens is 306 g/mol. The topological polar surface area (TPSA) is 154 Å². The van der Waals surface area contributed by atoms with Gasteiger partial charge >= 0.3 is 0 Å². The largest absolute Gasteiger partial charge is 0.385 e. The number of rotatable bonds is 4. The van der Waals surface area contributed by atoms with Crippen LogP contribution in [0.3, 0.4) is 0 Å². The molecule has 0 radical (unpaired) electrons. The summed E-state index contributed by atoms with van der Waals surface area (Å²) >= 11 is 5.84. The number of carbonyl (C=O) groups excluding carboxylic acids is 1. The normalized spacial score (nSPS) is 10.9. The maximum atomic E-state index is 11.9. The maximum Gasteiger partial charge on any atom is 0.282 e. The van der Waals surface area contributed by atoms with Crippen molar-refractivity contribution in [3.05, 3.63) is 22.7 Å². The van der Waals surface area contributed by atoms with Gasteiger partial charge in [-0.05, 0) is 19.1 Å². The number of halogens is 1. The average molecular weight is 320 g/mol. The molecule has 1 amide bonds. The molecule has 0 fully saturated rings. The summed E-state index contributed by atoms with van der Waals surface area (Å²) in [4.78, 5) is 14.9. The maximum absolute atomic E-state index is 11.9. The lowest BCUT2D eigenvalue weighted by molar-refractivity contribution is 0.100. The SMILES string of the molecule is CCNc1cc(Cl)c(S(N)(=O)=O)cc1C(=O)N=C(N)N. The van der Waals surface area contributed by atoms with Crippen LogP contribution in [-0.4, -0.2) is 26.8 Å². The van der Waals surface area contributed by atoms with Crippen LogP contribution in [0.1, 0.15) is 17.3 Å². The summed E-state index contributed by atoms with van der Waals surface area (Å²) in [5.41, 5.74) is 10.5. The zero-order chi connectivity index (χ0) is 15.5. The molecule has 0 saturated carbocycles. The Morgan fingerprint density at radius 3 is 2.45 bits per heavy atom. The Bertz CT molecular complexity index is 668. The quantitative estimate of drug-likeness (QED) is 0.446. The molecule has 0 bridgehead atoms. The number of nitrogens with two attached hydrogens (primary N) is 3. The molecule has 7 N–H and O–H groups in total. The van der Waals surface area contributed by atoms with Crippen molar-refractivity contribution < 1.29 is 13.2 Å². The monoisotopic (exact) mass is 319 g/mol. The Labute approximate surface area is 121 Å². The molecule has 0 heterocycles. The minimum Gasteiger partial charge on any atom is -0.385 e. The van der Waals surface area contributed by atoms with Crippen molar-refractivity contribution in [2.24, 2.45) is 21.6 Å². The van der Waals surface area contributed by atoms with Crippen LogP contribution in [0.15, 0.2) is 22.0 Å². The van der Waals surface area contributed by atoms with Crippen molar-refractivity contribution >= 4 is 39.2 Å². The highest BCUT2D eigenvalue weighted by molar-refractivity contribution is 7.89. The van der Waals surface area contributed by atoms with Gasteiger partial charge in [-0.15, -0.1) is 0 Å². The fraction of sp³-hybridized carbons (Fsp3) is 0.200. The molecule has 0 aromatic heterocycles. The lowest BCUT2D eigenvalue weighted by Crippen LogP contribution is -2.24. The molecule has 10 heteroatoms. The van der Waals surface area contributed by atoms with Gasteiger partial charge in [0.15, 0.2) is 5.96 Å². The summed E-state index contributed by atoms with van der Waals surface area (Å²) in [7, 11) is -4.07. The zero-order valence-electron chi connectivity index (χ0n) is 10.6. The molecule has 1 aromatic carbocycles. The van der Waals surface area contributed by atoms with Crippen LogP contribution < -0.4 is 21.9 Å². The number of sulfonamides is 1. The van der Waals surface area contributed by atoms with Gasteiger partial charge in [-0.25, -0.2) is 13.6 Å². The van der Waals surface area contributed by atoms with Gasteiger partial charge in [0.2, 0.25) is 10.0 Å². The van der Waals surface area contributed by atoms with Gasteiger partial charge in [0.1, 0.15) is 4.90 Å². The van der Waals surface area contributed by atoms with Crippen LogP contribution >= 0.6 is 11.6 Å². The van der Waals surface area contributed by atoms with Crippen LogP contribution in [0.4, 0.5) is 5.69 Å². The predicted octanol–water partition coefficient (Wildman–Crippen LogP) is -0.167. The van der Waals surface area contributed by atoms with Crippen LogP contribution in [-0.2, 0) is 10.0 Å². The molecule has 0 aliphatic heterocycles. The van der Waals surface area contributed by atoms with Crippen molar-refractivity contribution in [3.8, 4) is 0 Å². The lowest BCUT2D eigenvalue weighted by Gasteiger charge is -2.11. The number of nitrogens with zero attached hydrogens (tertiary/aromatic N) is 1. The molecule has 0 atom stereocenters. The highest BCUT2D eigenvalue weighted by atomic mass is 35.5. The van der Waals surface area contributed by atoms with E-state index >= 15 is 0 Å². The van der Waals surface area contributed by atoms with Gasteiger partial charge in [-0.3, -0.25) is 4.79 Å². The summed E-state index contributed by atoms with van der Waals surface area (Å²) in [6.07, 6.45) is 0. The summed E-state index contributed by atoms with van der Waals surface area (Å²) in [5, 5.41) is 7.77. The fourth-order valence-electron chi connectivity index (χ4n) is 1.46. The number of anilines is 1. The van der Waals surface area contributed by atoms with E-state index in [4.69, 9.17) is 28.2 Å². The smallest absolute Gasteiger partial charge is 0.282 e. The summed E-state index contributed by atoms with van der Waals surface area (Å²) in [6.45, 7) is 2.27. The number of primary sulfonamides is 1. The lowest BCUT2D eigenvalue weighted by atomic mass is 10.1. The minimum absolute atomic E-state index is 0.0475. The third-order valence-electron chi connectivity index (χ3n) is 2.21. The Morgan fingerprint density at radius 2 is 2.00 bits per heavy atom. The second-order valence-electron chi connectivity index (χ2n) is 3.75. The molecule has 0 unspecified atom stereocenters. The number of aliphatic imine (C=N–C) groups is 1. The van der Waals surface area contributed by atoms with Gasteiger partial charge in [0.25, 0.3) is 5.91 Å². The molecule has 20 heavy (non-hydrogen) atoms. The first-order chi connectivity index (χ1) is 9.16. The molecule has 0 aliphatic rings. The van der Waals surface area contributed by atoms with E-state index in [1.165, 1.54) is 6.07 Å². The van der Waals surface area contributed by atoms with Gasteiger partial charge < -0.3 is 16.8 Å². The van der Waals surface area contributed by atoms with E-state index in [0.29, 0.717) is 12.2 Å². The number of hydrogen-bond acceptors (Lipinski definition) is 4. The minimum atomic E-state index is -4.07. The van der Waals surface area contributed by atoms with Crippen molar-refractivity contribution in [2.75, 3.05) is 11.9 Å². The highest BCUT2D eigenvalue weighted by Gasteiger charge is 2.20. The van der Waals surface area contributed by atoms with Crippen molar-refractivity contribution in [1.29, 1.82) is 0 Å². The Hall–Kier alpha value is -1.84. The second kappa shape index (κ2) is 6.07. The van der Waals surface area contributed by atoms with E-state index in [-0.39, 0.29) is 15.5 Å². The van der Waals surface area contributed by atoms with Gasteiger partial charge in [0, 0.05) is 12.2 Å². The standard InChI is InChI=1S/C10H14ClN5O3S/c1-2-15-7-4-6(11)8(20(14,18)19)3-5(7)9(17)16-10(12)13/h3-4,15H,2H2,1H3,(H2,14,18,19)(H4,12,13,16,17). The molecule has 1 rings (SSSR count). The van der Waals surface area contributed by atoms with Crippen molar-refractivity contribution in [2.45, 2.75) is 11.8 Å². The van der Waals surface area contributed by atoms with Gasteiger partial charge in [0.05, 0.1) is 10.6 Å². The number of benzene rings is 1. The number of carbonyl (C=O) groups is 1. The molecule has 1 aromatic rings. The van der Waals surface area contributed by atoms with E-state index in [0.717, 1.165) is 6.07 Å². The fourth-order valence-corrected chi connectivity index (χ4v) is 2.56. The Morgan fingerprint density at radius 1 is 1.40 bits per heavy atom. The number of hydrogen-bond donors (Lipinski definition) is 4. The number of nitrogens with one attached hydrogen (secondary N) is 1. The van der Waals surface area contributed by atoms with E-state index in [1.807, 2.05) is 0 Å². The van der Waals surface area contributed by atoms with Gasteiger partial charge in [-0.2, -0.15) is 4.99 Å². The molecular formula is C10H14ClN5O3S. The molecule has 110 valence electrons. The van der Waals surface area contributed by atoms with E-state index in [9.17, 15) is 13.2 Å². The Kier molecular flexibility index (Phi) is 4.93. The molecule has 0 spiro atoms. The summed E-state index contributed by atoms with van der Waals surface area (Å²) in [6, 6.07) is 2.31. The van der Waals surface area contributed by atoms with E-state index in [2.05, 4.69) is 10.3 Å². The van der Waals surface area contributed by atoms with E-state index < -0.39 is 21.9 Å². The number of guanidine groups is 1.